The minimum Gasteiger partial charge on any atom is -0.275 e. The van der Waals surface area contributed by atoms with Crippen molar-refractivity contribution >= 4 is 23.6 Å². The van der Waals surface area contributed by atoms with E-state index in [0.717, 1.165) is 38.5 Å². The van der Waals surface area contributed by atoms with Crippen molar-refractivity contribution in [3.8, 4) is 0 Å². The van der Waals surface area contributed by atoms with E-state index in [-0.39, 0.29) is 23.6 Å². The van der Waals surface area contributed by atoms with Gasteiger partial charge in [0.15, 0.2) is 0 Å². The summed E-state index contributed by atoms with van der Waals surface area (Å²) in [5.74, 6) is -0.509. The zero-order chi connectivity index (χ0) is 22.3. The van der Waals surface area contributed by atoms with Gasteiger partial charge in [-0.1, -0.05) is 51.4 Å². The summed E-state index contributed by atoms with van der Waals surface area (Å²) < 4.78 is 0. The molecule has 0 fully saturated rings. The summed E-state index contributed by atoms with van der Waals surface area (Å²) in [5, 5.41) is 0. The molecule has 0 aromatic heterocycles. The highest BCUT2D eigenvalue weighted by atomic mass is 16.2. The first-order valence-electron chi connectivity index (χ1n) is 11.3. The number of amides is 4. The van der Waals surface area contributed by atoms with Crippen LogP contribution in [0.4, 0.5) is 0 Å². The van der Waals surface area contributed by atoms with Gasteiger partial charge in [0.05, 0.1) is 0 Å². The lowest BCUT2D eigenvalue weighted by atomic mass is 10.1. The largest absolute Gasteiger partial charge is 0.275 e. The Labute approximate surface area is 180 Å². The third kappa shape index (κ3) is 5.67. The highest BCUT2D eigenvalue weighted by Crippen LogP contribution is 2.21. The first kappa shape index (κ1) is 24.0. The summed E-state index contributed by atoms with van der Waals surface area (Å²) >= 11 is 0. The summed E-state index contributed by atoms with van der Waals surface area (Å²) in [6.07, 6.45) is 10.9. The molecular weight excluding hydrogens is 380 g/mol. The molecule has 0 unspecified atom stereocenters. The van der Waals surface area contributed by atoms with Crippen LogP contribution in [-0.2, 0) is 19.2 Å². The van der Waals surface area contributed by atoms with E-state index < -0.39 is 0 Å². The van der Waals surface area contributed by atoms with E-state index in [1.807, 2.05) is 0 Å². The number of hydrogen-bond acceptors (Lipinski definition) is 4. The van der Waals surface area contributed by atoms with Crippen molar-refractivity contribution in [1.82, 2.24) is 9.80 Å². The van der Waals surface area contributed by atoms with E-state index >= 15 is 0 Å². The quantitative estimate of drug-likeness (QED) is 0.331. The first-order chi connectivity index (χ1) is 14.3. The van der Waals surface area contributed by atoms with E-state index in [1.54, 1.807) is 27.7 Å². The predicted molar refractivity (Wildman–Crippen MR) is 116 cm³/mol. The van der Waals surface area contributed by atoms with Crippen molar-refractivity contribution in [3.05, 3.63) is 22.3 Å². The zero-order valence-electron chi connectivity index (χ0n) is 19.0. The maximum absolute atomic E-state index is 12.0. The lowest BCUT2D eigenvalue weighted by Crippen LogP contribution is -2.32. The molecule has 6 heteroatoms. The van der Waals surface area contributed by atoms with Crippen LogP contribution in [0.3, 0.4) is 0 Å². The Bertz CT molecular complexity index is 651. The fraction of sp³-hybridized carbons (Fsp3) is 0.667. The fourth-order valence-corrected chi connectivity index (χ4v) is 4.00. The molecule has 0 aliphatic carbocycles. The monoisotopic (exact) mass is 416 g/mol. The lowest BCUT2D eigenvalue weighted by molar-refractivity contribution is -0.139. The summed E-state index contributed by atoms with van der Waals surface area (Å²) in [6, 6.07) is 0. The molecule has 166 valence electrons. The van der Waals surface area contributed by atoms with Crippen LogP contribution in [-0.4, -0.2) is 46.5 Å². The van der Waals surface area contributed by atoms with Gasteiger partial charge >= 0.3 is 0 Å². The first-order valence-corrected chi connectivity index (χ1v) is 11.3. The maximum atomic E-state index is 12.0. The summed E-state index contributed by atoms with van der Waals surface area (Å²) in [7, 11) is 0. The van der Waals surface area contributed by atoms with Gasteiger partial charge < -0.3 is 0 Å². The van der Waals surface area contributed by atoms with E-state index in [0.29, 0.717) is 35.4 Å². The molecular formula is C24H36N2O4. The number of carbonyl (C=O) groups excluding carboxylic acids is 4. The Kier molecular flexibility index (Phi) is 9.00. The standard InChI is InChI=1S/C24H36N2O4/c1-17-18(2)22(28)25(21(17)27)15-13-11-9-7-5-6-8-10-12-14-16-26-23(29)19(3)20(4)24(26)30/h5-16H2,1-4H3. The molecule has 0 aromatic rings. The topological polar surface area (TPSA) is 74.8 Å². The molecule has 0 spiro atoms. The number of unbranched alkanes of at least 4 members (excludes halogenated alkanes) is 9. The Morgan fingerprint density at radius 1 is 0.400 bits per heavy atom. The van der Waals surface area contributed by atoms with Crippen molar-refractivity contribution in [2.24, 2.45) is 0 Å². The molecule has 0 atom stereocenters. The highest BCUT2D eigenvalue weighted by molar-refractivity contribution is 6.19. The van der Waals surface area contributed by atoms with Crippen LogP contribution in [0.15, 0.2) is 22.3 Å². The molecule has 0 radical (unpaired) electrons. The van der Waals surface area contributed by atoms with Gasteiger partial charge in [-0.15, -0.1) is 0 Å². The minimum atomic E-state index is -0.127. The Balaban J connectivity index is 1.42. The van der Waals surface area contributed by atoms with Crippen molar-refractivity contribution in [1.29, 1.82) is 0 Å². The smallest absolute Gasteiger partial charge is 0.256 e. The van der Waals surface area contributed by atoms with Gasteiger partial charge in [-0.3, -0.25) is 29.0 Å². The predicted octanol–water partition coefficient (Wildman–Crippen LogP) is 4.30. The summed E-state index contributed by atoms with van der Waals surface area (Å²) in [6.45, 7) is 7.95. The minimum absolute atomic E-state index is 0.127. The van der Waals surface area contributed by atoms with Crippen molar-refractivity contribution in [3.63, 3.8) is 0 Å². The normalized spacial score (nSPS) is 17.5. The number of carbonyl (C=O) groups is 4. The van der Waals surface area contributed by atoms with E-state index in [1.165, 1.54) is 35.5 Å². The maximum Gasteiger partial charge on any atom is 0.256 e. The van der Waals surface area contributed by atoms with Gasteiger partial charge in [0.1, 0.15) is 0 Å². The van der Waals surface area contributed by atoms with E-state index in [4.69, 9.17) is 0 Å². The molecule has 2 aliphatic heterocycles. The Morgan fingerprint density at radius 3 is 0.833 bits per heavy atom. The number of nitrogens with zero attached hydrogens (tertiary/aromatic N) is 2. The molecule has 2 aliphatic rings. The van der Waals surface area contributed by atoms with Gasteiger partial charge in [0.25, 0.3) is 23.6 Å². The molecule has 30 heavy (non-hydrogen) atoms. The second-order valence-electron chi connectivity index (χ2n) is 8.56. The average Bonchev–Trinajstić information content (AvgIpc) is 3.03. The molecule has 2 heterocycles. The van der Waals surface area contributed by atoms with Crippen molar-refractivity contribution in [2.75, 3.05) is 13.1 Å². The van der Waals surface area contributed by atoms with Gasteiger partial charge in [0.2, 0.25) is 0 Å². The third-order valence-corrected chi connectivity index (χ3v) is 6.40. The van der Waals surface area contributed by atoms with Crippen LogP contribution < -0.4 is 0 Å². The molecule has 0 N–H and O–H groups in total. The third-order valence-electron chi connectivity index (χ3n) is 6.40. The number of imide groups is 2. The van der Waals surface area contributed by atoms with Crippen LogP contribution in [0, 0.1) is 0 Å². The van der Waals surface area contributed by atoms with E-state index in [9.17, 15) is 19.2 Å². The molecule has 6 nitrogen and oxygen atoms in total. The SMILES string of the molecule is CC1=C(C)C(=O)N(CCCCCCCCCCCCN2C(=O)C(C)=C(C)C2=O)C1=O. The molecule has 4 amide bonds. The van der Waals surface area contributed by atoms with Gasteiger partial charge in [-0.2, -0.15) is 0 Å². The average molecular weight is 417 g/mol. The fourth-order valence-electron chi connectivity index (χ4n) is 4.00. The van der Waals surface area contributed by atoms with Gasteiger partial charge in [-0.05, 0) is 40.5 Å². The van der Waals surface area contributed by atoms with Crippen molar-refractivity contribution < 1.29 is 19.2 Å². The van der Waals surface area contributed by atoms with Crippen LogP contribution in [0.1, 0.15) is 91.9 Å². The number of hydrogen-bond donors (Lipinski definition) is 0. The molecule has 2 rings (SSSR count). The Hall–Kier alpha value is -2.24. The summed E-state index contributed by atoms with van der Waals surface area (Å²) in [4.78, 5) is 50.7. The van der Waals surface area contributed by atoms with Crippen molar-refractivity contribution in [2.45, 2.75) is 91.9 Å². The van der Waals surface area contributed by atoms with Gasteiger partial charge in [0, 0.05) is 35.4 Å². The van der Waals surface area contributed by atoms with Crippen LogP contribution >= 0.6 is 0 Å². The summed E-state index contributed by atoms with van der Waals surface area (Å²) in [5.41, 5.74) is 2.34. The van der Waals surface area contributed by atoms with Gasteiger partial charge in [-0.25, -0.2) is 0 Å². The molecule has 0 bridgehead atoms. The van der Waals surface area contributed by atoms with E-state index in [2.05, 4.69) is 0 Å². The van der Waals surface area contributed by atoms with Crippen LogP contribution in [0.25, 0.3) is 0 Å². The highest BCUT2D eigenvalue weighted by Gasteiger charge is 2.33. The molecule has 0 aromatic carbocycles. The Morgan fingerprint density at radius 2 is 0.600 bits per heavy atom. The van der Waals surface area contributed by atoms with Crippen LogP contribution in [0.5, 0.6) is 0 Å². The van der Waals surface area contributed by atoms with Crippen LogP contribution in [0.2, 0.25) is 0 Å². The number of rotatable bonds is 13. The molecule has 0 saturated heterocycles. The second kappa shape index (κ2) is 11.2. The second-order valence-corrected chi connectivity index (χ2v) is 8.56. The molecule has 0 saturated carbocycles. The zero-order valence-corrected chi connectivity index (χ0v) is 19.0. The lowest BCUT2D eigenvalue weighted by Gasteiger charge is -2.14.